The first-order valence-electron chi connectivity index (χ1n) is 8.86. The van der Waals surface area contributed by atoms with Gasteiger partial charge >= 0.3 is 5.69 Å². The number of benzene rings is 1. The van der Waals surface area contributed by atoms with Gasteiger partial charge < -0.3 is 19.6 Å². The first kappa shape index (κ1) is 15.8. The number of rotatable bonds is 2. The van der Waals surface area contributed by atoms with Crippen LogP contribution < -0.4 is 5.69 Å². The molecule has 130 valence electrons. The second-order valence-corrected chi connectivity index (χ2v) is 7.07. The summed E-state index contributed by atoms with van der Waals surface area (Å²) in [5.74, 6) is 0.0138. The van der Waals surface area contributed by atoms with Crippen molar-refractivity contribution in [1.82, 2.24) is 14.9 Å². The molecule has 24 heavy (non-hydrogen) atoms. The maximum absolute atomic E-state index is 14.1. The number of nitrogens with zero attached hydrogens (tertiary/aromatic N) is 1. The number of aryl methyl sites for hydroxylation is 1. The normalized spacial score (nSPS) is 21.6. The van der Waals surface area contributed by atoms with E-state index in [2.05, 4.69) is 14.9 Å². The summed E-state index contributed by atoms with van der Waals surface area (Å²) in [5.41, 5.74) is 2.67. The fraction of sp³-hybridized carbons (Fsp3) is 0.611. The molecule has 1 aromatic carbocycles. The Kier molecular flexibility index (Phi) is 4.18. The number of aromatic amines is 2. The van der Waals surface area contributed by atoms with Crippen LogP contribution in [0, 0.1) is 12.7 Å². The number of aromatic nitrogens is 2. The number of H-pyrrole nitrogens is 2. The second-order valence-electron chi connectivity index (χ2n) is 7.07. The van der Waals surface area contributed by atoms with Crippen LogP contribution in [0.2, 0.25) is 0 Å². The highest BCUT2D eigenvalue weighted by Crippen LogP contribution is 2.36. The van der Waals surface area contributed by atoms with Crippen LogP contribution in [0.5, 0.6) is 0 Å². The number of likely N-dealkylation sites (tertiary alicyclic amines) is 1. The first-order valence-corrected chi connectivity index (χ1v) is 8.86. The molecule has 1 aromatic heterocycles. The maximum Gasteiger partial charge on any atom is 0.323 e. The molecule has 2 aromatic rings. The minimum atomic E-state index is -0.357. The third kappa shape index (κ3) is 2.78. The zero-order valence-corrected chi connectivity index (χ0v) is 14.0. The summed E-state index contributed by atoms with van der Waals surface area (Å²) in [6.45, 7) is 5.79. The van der Waals surface area contributed by atoms with Crippen molar-refractivity contribution in [3.05, 3.63) is 33.5 Å². The fourth-order valence-electron chi connectivity index (χ4n) is 4.43. The molecule has 2 saturated heterocycles. The number of hydrogen-bond donors (Lipinski definition) is 2. The number of nitrogens with one attached hydrogen (secondary N) is 2. The number of halogens is 1. The summed E-state index contributed by atoms with van der Waals surface area (Å²) >= 11 is 0. The standard InChI is InChI=1S/C18H24FN3O2/c1-11-10-14(19)16-17(21-18(23)20-16)15(11)12-2-6-22(7-3-12)13-4-8-24-9-5-13/h10,12-13H,2-9H2,1H3,(H2,20,21,23). The molecule has 0 aliphatic carbocycles. The van der Waals surface area contributed by atoms with E-state index < -0.39 is 0 Å². The third-order valence-electron chi connectivity index (χ3n) is 5.65. The Morgan fingerprint density at radius 2 is 1.79 bits per heavy atom. The van der Waals surface area contributed by atoms with E-state index in [0.717, 1.165) is 63.1 Å². The van der Waals surface area contributed by atoms with E-state index in [1.165, 1.54) is 0 Å². The van der Waals surface area contributed by atoms with Crippen molar-refractivity contribution in [2.45, 2.75) is 44.6 Å². The van der Waals surface area contributed by atoms with Gasteiger partial charge in [0.05, 0.1) is 5.52 Å². The predicted octanol–water partition coefficient (Wildman–Crippen LogP) is 2.66. The Labute approximate surface area is 140 Å². The van der Waals surface area contributed by atoms with Gasteiger partial charge in [0, 0.05) is 19.3 Å². The van der Waals surface area contributed by atoms with Gasteiger partial charge in [-0.1, -0.05) is 0 Å². The lowest BCUT2D eigenvalue weighted by atomic mass is 9.85. The van der Waals surface area contributed by atoms with Crippen molar-refractivity contribution in [2.75, 3.05) is 26.3 Å². The zero-order valence-electron chi connectivity index (χ0n) is 14.0. The van der Waals surface area contributed by atoms with Crippen LogP contribution in [-0.4, -0.2) is 47.2 Å². The highest BCUT2D eigenvalue weighted by atomic mass is 19.1. The summed E-state index contributed by atoms with van der Waals surface area (Å²) in [7, 11) is 0. The molecule has 0 atom stereocenters. The Morgan fingerprint density at radius 1 is 1.12 bits per heavy atom. The summed E-state index contributed by atoms with van der Waals surface area (Å²) < 4.78 is 19.6. The summed E-state index contributed by atoms with van der Waals surface area (Å²) in [4.78, 5) is 19.6. The molecule has 0 spiro atoms. The molecular formula is C18H24FN3O2. The molecular weight excluding hydrogens is 309 g/mol. The second kappa shape index (κ2) is 6.33. The molecule has 2 fully saturated rings. The van der Waals surface area contributed by atoms with Crippen molar-refractivity contribution in [2.24, 2.45) is 0 Å². The van der Waals surface area contributed by atoms with E-state index in [-0.39, 0.29) is 11.5 Å². The highest BCUT2D eigenvalue weighted by molar-refractivity contribution is 5.81. The van der Waals surface area contributed by atoms with Gasteiger partial charge in [0.15, 0.2) is 0 Å². The Balaban J connectivity index is 1.57. The van der Waals surface area contributed by atoms with Crippen molar-refractivity contribution in [1.29, 1.82) is 0 Å². The molecule has 5 nitrogen and oxygen atoms in total. The number of hydrogen-bond acceptors (Lipinski definition) is 3. The highest BCUT2D eigenvalue weighted by Gasteiger charge is 2.29. The fourth-order valence-corrected chi connectivity index (χ4v) is 4.43. The van der Waals surface area contributed by atoms with Gasteiger partial charge in [0.25, 0.3) is 0 Å². The van der Waals surface area contributed by atoms with Crippen LogP contribution in [0.3, 0.4) is 0 Å². The van der Waals surface area contributed by atoms with Crippen LogP contribution in [-0.2, 0) is 4.74 Å². The number of piperidine rings is 1. The topological polar surface area (TPSA) is 61.1 Å². The molecule has 4 rings (SSSR count). The van der Waals surface area contributed by atoms with E-state index in [1.807, 2.05) is 6.92 Å². The molecule has 0 radical (unpaired) electrons. The molecule has 6 heteroatoms. The largest absolute Gasteiger partial charge is 0.381 e. The Hall–Kier alpha value is -1.66. The lowest BCUT2D eigenvalue weighted by Crippen LogP contribution is -2.43. The van der Waals surface area contributed by atoms with Gasteiger partial charge in [-0.15, -0.1) is 0 Å². The third-order valence-corrected chi connectivity index (χ3v) is 5.65. The SMILES string of the molecule is Cc1cc(F)c2[nH]c(=O)[nH]c2c1C1CCN(C2CCOCC2)CC1. The predicted molar refractivity (Wildman–Crippen MR) is 91.0 cm³/mol. The van der Waals surface area contributed by atoms with Gasteiger partial charge in [-0.3, -0.25) is 0 Å². The van der Waals surface area contributed by atoms with E-state index >= 15 is 0 Å². The average Bonchev–Trinajstić information content (AvgIpc) is 2.98. The van der Waals surface area contributed by atoms with E-state index in [9.17, 15) is 9.18 Å². The molecule has 0 unspecified atom stereocenters. The zero-order chi connectivity index (χ0) is 16.7. The van der Waals surface area contributed by atoms with E-state index in [1.54, 1.807) is 6.07 Å². The van der Waals surface area contributed by atoms with Gasteiger partial charge in [0.1, 0.15) is 11.3 Å². The van der Waals surface area contributed by atoms with Crippen LogP contribution in [0.15, 0.2) is 10.9 Å². The number of ether oxygens (including phenoxy) is 1. The summed E-state index contributed by atoms with van der Waals surface area (Å²) in [5, 5.41) is 0. The van der Waals surface area contributed by atoms with Crippen LogP contribution in [0.1, 0.15) is 42.7 Å². The lowest BCUT2D eigenvalue weighted by Gasteiger charge is -2.39. The van der Waals surface area contributed by atoms with Crippen molar-refractivity contribution < 1.29 is 9.13 Å². The van der Waals surface area contributed by atoms with Crippen LogP contribution >= 0.6 is 0 Å². The monoisotopic (exact) mass is 333 g/mol. The number of fused-ring (bicyclic) bond motifs is 1. The molecule has 0 saturated carbocycles. The molecule has 0 bridgehead atoms. The van der Waals surface area contributed by atoms with Gasteiger partial charge in [-0.25, -0.2) is 9.18 Å². The van der Waals surface area contributed by atoms with Gasteiger partial charge in [-0.05, 0) is 68.8 Å². The lowest BCUT2D eigenvalue weighted by molar-refractivity contribution is 0.0252. The quantitative estimate of drug-likeness (QED) is 0.888. The van der Waals surface area contributed by atoms with Gasteiger partial charge in [-0.2, -0.15) is 0 Å². The van der Waals surface area contributed by atoms with Crippen molar-refractivity contribution >= 4 is 11.0 Å². The molecule has 2 aliphatic heterocycles. The molecule has 2 N–H and O–H groups in total. The maximum atomic E-state index is 14.1. The minimum Gasteiger partial charge on any atom is -0.381 e. The Bertz CT molecular complexity index is 783. The molecule has 2 aliphatic rings. The average molecular weight is 333 g/mol. The van der Waals surface area contributed by atoms with Crippen molar-refractivity contribution in [3.8, 4) is 0 Å². The first-order chi connectivity index (χ1) is 11.6. The minimum absolute atomic E-state index is 0.312. The van der Waals surface area contributed by atoms with Gasteiger partial charge in [0.2, 0.25) is 0 Å². The van der Waals surface area contributed by atoms with E-state index in [0.29, 0.717) is 23.0 Å². The van der Waals surface area contributed by atoms with E-state index in [4.69, 9.17) is 4.74 Å². The molecule has 0 amide bonds. The number of imidazole rings is 1. The summed E-state index contributed by atoms with van der Waals surface area (Å²) in [6.07, 6.45) is 4.34. The van der Waals surface area contributed by atoms with Crippen molar-refractivity contribution in [3.63, 3.8) is 0 Å². The molecule has 3 heterocycles. The Morgan fingerprint density at radius 3 is 2.50 bits per heavy atom. The van der Waals surface area contributed by atoms with Crippen LogP contribution in [0.25, 0.3) is 11.0 Å². The summed E-state index contributed by atoms with van der Waals surface area (Å²) in [6, 6.07) is 2.19. The van der Waals surface area contributed by atoms with Crippen LogP contribution in [0.4, 0.5) is 4.39 Å². The smallest absolute Gasteiger partial charge is 0.323 e.